The molecule has 5 nitrogen and oxygen atoms in total. The summed E-state index contributed by atoms with van der Waals surface area (Å²) in [5, 5.41) is 1.08. The molecule has 1 aliphatic heterocycles. The van der Waals surface area contributed by atoms with E-state index in [4.69, 9.17) is 0 Å². The summed E-state index contributed by atoms with van der Waals surface area (Å²) < 4.78 is 2.08. The summed E-state index contributed by atoms with van der Waals surface area (Å²) in [4.78, 5) is 30.6. The van der Waals surface area contributed by atoms with Crippen LogP contribution in [0.2, 0.25) is 0 Å². The number of hydrogen-bond donors (Lipinski definition) is 0. The lowest BCUT2D eigenvalue weighted by atomic mass is 9.79. The fourth-order valence-corrected chi connectivity index (χ4v) is 4.68. The third-order valence-corrected chi connectivity index (χ3v) is 6.32. The molecule has 3 aromatic rings. The van der Waals surface area contributed by atoms with Gasteiger partial charge >= 0.3 is 0 Å². The quantitative estimate of drug-likeness (QED) is 0.636. The van der Waals surface area contributed by atoms with Crippen molar-refractivity contribution in [3.8, 4) is 0 Å². The maximum atomic E-state index is 13.7. The van der Waals surface area contributed by atoms with Crippen molar-refractivity contribution in [1.82, 2.24) is 14.4 Å². The van der Waals surface area contributed by atoms with Crippen molar-refractivity contribution in [2.24, 2.45) is 7.05 Å². The van der Waals surface area contributed by atoms with Gasteiger partial charge in [0.2, 0.25) is 5.91 Å². The van der Waals surface area contributed by atoms with Crippen molar-refractivity contribution < 1.29 is 9.59 Å². The van der Waals surface area contributed by atoms with Crippen LogP contribution >= 0.6 is 0 Å². The molecule has 30 heavy (non-hydrogen) atoms. The molecule has 0 N–H and O–H groups in total. The predicted octanol–water partition coefficient (Wildman–Crippen LogP) is 4.35. The molecule has 4 rings (SSSR count). The van der Waals surface area contributed by atoms with E-state index in [-0.39, 0.29) is 17.9 Å². The zero-order valence-corrected chi connectivity index (χ0v) is 18.1. The van der Waals surface area contributed by atoms with Crippen molar-refractivity contribution in [3.63, 3.8) is 0 Å². The van der Waals surface area contributed by atoms with Gasteiger partial charge in [0.25, 0.3) is 5.91 Å². The molecule has 0 saturated carbocycles. The van der Waals surface area contributed by atoms with E-state index in [9.17, 15) is 9.59 Å². The smallest absolute Gasteiger partial charge is 0.254 e. The van der Waals surface area contributed by atoms with Crippen molar-refractivity contribution in [1.29, 1.82) is 0 Å². The van der Waals surface area contributed by atoms with Gasteiger partial charge in [-0.3, -0.25) is 9.59 Å². The fraction of sp³-hybridized carbons (Fsp3) is 0.360. The Hall–Kier alpha value is -3.08. The van der Waals surface area contributed by atoms with E-state index >= 15 is 0 Å². The molecule has 2 amide bonds. The van der Waals surface area contributed by atoms with Gasteiger partial charge in [-0.1, -0.05) is 49.7 Å². The molecule has 0 fully saturated rings. The Morgan fingerprint density at radius 3 is 2.50 bits per heavy atom. The van der Waals surface area contributed by atoms with Crippen molar-refractivity contribution in [3.05, 3.63) is 71.4 Å². The van der Waals surface area contributed by atoms with E-state index in [1.165, 1.54) is 0 Å². The number of carbonyl (C=O) groups is 2. The SMILES string of the molecule is CCCCN(C)C(=O)[C@@H]1c2ccccc2C(=O)N(C)[C@@H]1c1cn(C)c2ccccc12. The maximum absolute atomic E-state index is 13.7. The number of hydrogen-bond acceptors (Lipinski definition) is 2. The van der Waals surface area contributed by atoms with Gasteiger partial charge in [-0.15, -0.1) is 0 Å². The highest BCUT2D eigenvalue weighted by Crippen LogP contribution is 2.45. The topological polar surface area (TPSA) is 45.6 Å². The van der Waals surface area contributed by atoms with Gasteiger partial charge in [0.15, 0.2) is 0 Å². The molecule has 0 unspecified atom stereocenters. The van der Waals surface area contributed by atoms with Crippen LogP contribution < -0.4 is 0 Å². The monoisotopic (exact) mass is 403 g/mol. The Kier molecular flexibility index (Phi) is 5.37. The number of fused-ring (bicyclic) bond motifs is 2. The van der Waals surface area contributed by atoms with Gasteiger partial charge in [0.1, 0.15) is 0 Å². The molecule has 2 heterocycles. The average molecular weight is 404 g/mol. The molecule has 1 aliphatic rings. The molecular formula is C25H29N3O2. The molecule has 156 valence electrons. The average Bonchev–Trinajstić information content (AvgIpc) is 3.10. The molecule has 5 heteroatoms. The van der Waals surface area contributed by atoms with E-state index < -0.39 is 5.92 Å². The fourth-order valence-electron chi connectivity index (χ4n) is 4.68. The predicted molar refractivity (Wildman–Crippen MR) is 119 cm³/mol. The number of rotatable bonds is 5. The number of aryl methyl sites for hydroxylation is 1. The minimum absolute atomic E-state index is 0.0382. The summed E-state index contributed by atoms with van der Waals surface area (Å²) in [5.41, 5.74) is 3.56. The molecule has 2 aromatic carbocycles. The van der Waals surface area contributed by atoms with Crippen LogP contribution in [0.4, 0.5) is 0 Å². The van der Waals surface area contributed by atoms with E-state index in [2.05, 4.69) is 29.8 Å². The zero-order valence-electron chi connectivity index (χ0n) is 18.1. The number of amides is 2. The minimum atomic E-state index is -0.434. The van der Waals surface area contributed by atoms with Gasteiger partial charge in [-0.25, -0.2) is 0 Å². The Morgan fingerprint density at radius 1 is 1.03 bits per heavy atom. The molecular weight excluding hydrogens is 374 g/mol. The second-order valence-corrected chi connectivity index (χ2v) is 8.25. The van der Waals surface area contributed by atoms with Gasteiger partial charge in [-0.2, -0.15) is 0 Å². The first-order valence-electron chi connectivity index (χ1n) is 10.6. The third kappa shape index (κ3) is 3.18. The lowest BCUT2D eigenvalue weighted by Gasteiger charge is -2.40. The van der Waals surface area contributed by atoms with Crippen molar-refractivity contribution in [2.75, 3.05) is 20.6 Å². The minimum Gasteiger partial charge on any atom is -0.350 e. The molecule has 1 aromatic heterocycles. The van der Waals surface area contributed by atoms with Gasteiger partial charge in [0.05, 0.1) is 12.0 Å². The normalized spacial score (nSPS) is 18.5. The number of unbranched alkanes of at least 4 members (excludes halogenated alkanes) is 1. The van der Waals surface area contributed by atoms with Gasteiger partial charge in [-0.05, 0) is 24.1 Å². The molecule has 2 atom stereocenters. The van der Waals surface area contributed by atoms with Gasteiger partial charge < -0.3 is 14.4 Å². The Morgan fingerprint density at radius 2 is 1.73 bits per heavy atom. The van der Waals surface area contributed by atoms with Crippen LogP contribution in [-0.2, 0) is 11.8 Å². The van der Waals surface area contributed by atoms with Crippen LogP contribution in [0.5, 0.6) is 0 Å². The molecule has 0 aliphatic carbocycles. The summed E-state index contributed by atoms with van der Waals surface area (Å²) in [6, 6.07) is 15.4. The van der Waals surface area contributed by atoms with E-state index in [1.807, 2.05) is 62.4 Å². The van der Waals surface area contributed by atoms with Crippen LogP contribution in [0.1, 0.15) is 53.2 Å². The highest BCUT2D eigenvalue weighted by Gasteiger charge is 2.44. The van der Waals surface area contributed by atoms with Crippen molar-refractivity contribution in [2.45, 2.75) is 31.7 Å². The number of para-hydroxylation sites is 1. The van der Waals surface area contributed by atoms with E-state index in [0.717, 1.165) is 34.9 Å². The lowest BCUT2D eigenvalue weighted by molar-refractivity contribution is -0.133. The Bertz CT molecular complexity index is 1100. The number of carbonyl (C=O) groups excluding carboxylic acids is 2. The standard InChI is InChI=1S/C25H29N3O2/c1-5-6-15-26(2)25(30)22-18-12-7-8-13-19(18)24(29)28(4)23(22)20-16-27(3)21-14-10-9-11-17(20)21/h7-14,16,22-23H,5-6,15H2,1-4H3/t22-,23-/m1/s1. The molecule has 0 bridgehead atoms. The summed E-state index contributed by atoms with van der Waals surface area (Å²) >= 11 is 0. The van der Waals surface area contributed by atoms with E-state index in [0.29, 0.717) is 12.1 Å². The maximum Gasteiger partial charge on any atom is 0.254 e. The van der Waals surface area contributed by atoms with Crippen molar-refractivity contribution >= 4 is 22.7 Å². The van der Waals surface area contributed by atoms with Crippen LogP contribution in [0.3, 0.4) is 0 Å². The summed E-state index contributed by atoms with van der Waals surface area (Å²) in [7, 11) is 5.70. The van der Waals surface area contributed by atoms with E-state index in [1.54, 1.807) is 4.90 Å². The van der Waals surface area contributed by atoms with Gasteiger partial charge in [0, 0.05) is 55.9 Å². The Balaban J connectivity index is 1.90. The number of benzene rings is 2. The van der Waals surface area contributed by atoms with Crippen LogP contribution in [0.15, 0.2) is 54.7 Å². The first-order valence-corrected chi connectivity index (χ1v) is 10.6. The highest BCUT2D eigenvalue weighted by molar-refractivity contribution is 6.02. The third-order valence-electron chi connectivity index (χ3n) is 6.32. The second-order valence-electron chi connectivity index (χ2n) is 8.25. The zero-order chi connectivity index (χ0) is 21.4. The molecule has 0 spiro atoms. The summed E-state index contributed by atoms with van der Waals surface area (Å²) in [5.74, 6) is -0.409. The highest BCUT2D eigenvalue weighted by atomic mass is 16.2. The first kappa shape index (κ1) is 20.2. The number of nitrogens with zero attached hydrogens (tertiary/aromatic N) is 3. The number of aromatic nitrogens is 1. The lowest BCUT2D eigenvalue weighted by Crippen LogP contribution is -2.46. The molecule has 0 saturated heterocycles. The largest absolute Gasteiger partial charge is 0.350 e. The van der Waals surface area contributed by atoms with Crippen LogP contribution in [0, 0.1) is 0 Å². The van der Waals surface area contributed by atoms with Crippen LogP contribution in [-0.4, -0.2) is 46.8 Å². The first-order chi connectivity index (χ1) is 14.5. The number of likely N-dealkylation sites (N-methyl/N-ethyl adjacent to an activating group) is 2. The second kappa shape index (κ2) is 7.98. The van der Waals surface area contributed by atoms with Crippen LogP contribution in [0.25, 0.3) is 10.9 Å². The summed E-state index contributed by atoms with van der Waals surface area (Å²) in [6.45, 7) is 2.84. The summed E-state index contributed by atoms with van der Waals surface area (Å²) in [6.07, 6.45) is 4.06. The molecule has 0 radical (unpaired) electrons. The Labute approximate surface area is 177 Å².